The standard InChI is InChI=1S/C24H25F2N5O3/c25-23(26)16-7-15(8-19(32)9-16)11-27-22-12-28-29-21-2-1-18(10-20(21)22)30-3-5-31(6-4-30)24(33)17-13-34-14-17/h1-2,7-10,12,17,23,32H,3-6,11,13-14H2,(H,27,29). The number of carbonyl (C=O) groups excluding carboxylic acids is 1. The first-order chi connectivity index (χ1) is 16.5. The molecule has 0 bridgehead atoms. The number of hydrogen-bond acceptors (Lipinski definition) is 7. The maximum Gasteiger partial charge on any atom is 0.263 e. The maximum absolute atomic E-state index is 13.1. The lowest BCUT2D eigenvalue weighted by molar-refractivity contribution is -0.150. The van der Waals surface area contributed by atoms with Crippen molar-refractivity contribution < 1.29 is 23.4 Å². The number of aromatic hydroxyl groups is 1. The minimum absolute atomic E-state index is 0.00252. The number of piperazine rings is 1. The van der Waals surface area contributed by atoms with E-state index in [2.05, 4.69) is 20.4 Å². The predicted octanol–water partition coefficient (Wildman–Crippen LogP) is 3.18. The molecule has 1 aromatic heterocycles. The smallest absolute Gasteiger partial charge is 0.263 e. The molecule has 2 aliphatic rings. The first kappa shape index (κ1) is 22.3. The summed E-state index contributed by atoms with van der Waals surface area (Å²) in [7, 11) is 0. The Bertz CT molecular complexity index is 1200. The van der Waals surface area contributed by atoms with E-state index < -0.39 is 6.43 Å². The van der Waals surface area contributed by atoms with E-state index >= 15 is 0 Å². The van der Waals surface area contributed by atoms with Crippen LogP contribution in [0.15, 0.2) is 42.6 Å². The van der Waals surface area contributed by atoms with Crippen molar-refractivity contribution >= 4 is 28.2 Å². The molecule has 5 rings (SSSR count). The average molecular weight is 469 g/mol. The van der Waals surface area contributed by atoms with E-state index in [9.17, 15) is 18.7 Å². The summed E-state index contributed by atoms with van der Waals surface area (Å²) in [5.41, 5.74) is 2.75. The Labute approximate surface area is 195 Å². The summed E-state index contributed by atoms with van der Waals surface area (Å²) in [6.07, 6.45) is -1.06. The summed E-state index contributed by atoms with van der Waals surface area (Å²) >= 11 is 0. The Morgan fingerprint density at radius 2 is 1.94 bits per heavy atom. The predicted molar refractivity (Wildman–Crippen MR) is 123 cm³/mol. The Balaban J connectivity index is 1.30. The Morgan fingerprint density at radius 3 is 2.65 bits per heavy atom. The number of phenols is 1. The topological polar surface area (TPSA) is 90.8 Å². The van der Waals surface area contributed by atoms with Gasteiger partial charge in [-0.2, -0.15) is 10.2 Å². The number of halogens is 2. The van der Waals surface area contributed by atoms with Crippen LogP contribution in [-0.4, -0.2) is 65.5 Å². The number of hydrogen-bond donors (Lipinski definition) is 2. The van der Waals surface area contributed by atoms with Crippen molar-refractivity contribution in [1.29, 1.82) is 0 Å². The lowest BCUT2D eigenvalue weighted by Crippen LogP contribution is -2.53. The van der Waals surface area contributed by atoms with Crippen LogP contribution in [0.4, 0.5) is 20.2 Å². The van der Waals surface area contributed by atoms with Crippen molar-refractivity contribution in [2.75, 3.05) is 49.6 Å². The molecular formula is C24H25F2N5O3. The molecule has 0 radical (unpaired) electrons. The average Bonchev–Trinajstić information content (AvgIpc) is 2.81. The van der Waals surface area contributed by atoms with Crippen LogP contribution >= 0.6 is 0 Å². The van der Waals surface area contributed by atoms with Gasteiger partial charge in [-0.15, -0.1) is 0 Å². The third-order valence-corrected chi connectivity index (χ3v) is 6.30. The Kier molecular flexibility index (Phi) is 6.14. The number of anilines is 2. The second-order valence-electron chi connectivity index (χ2n) is 8.59. The van der Waals surface area contributed by atoms with Crippen molar-refractivity contribution in [2.45, 2.75) is 13.0 Å². The van der Waals surface area contributed by atoms with Crippen molar-refractivity contribution in [1.82, 2.24) is 15.1 Å². The monoisotopic (exact) mass is 469 g/mol. The molecule has 2 N–H and O–H groups in total. The zero-order valence-corrected chi connectivity index (χ0v) is 18.5. The molecule has 178 valence electrons. The third kappa shape index (κ3) is 4.58. The molecule has 0 atom stereocenters. The van der Waals surface area contributed by atoms with E-state index in [0.29, 0.717) is 43.1 Å². The second kappa shape index (κ2) is 9.38. The molecule has 2 fully saturated rings. The van der Waals surface area contributed by atoms with Crippen LogP contribution in [0.1, 0.15) is 17.6 Å². The van der Waals surface area contributed by atoms with Gasteiger partial charge < -0.3 is 25.0 Å². The van der Waals surface area contributed by atoms with E-state index in [1.165, 1.54) is 12.1 Å². The number of nitrogens with one attached hydrogen (secondary N) is 1. The van der Waals surface area contributed by atoms with Gasteiger partial charge in [0.2, 0.25) is 5.91 Å². The molecule has 3 aromatic rings. The van der Waals surface area contributed by atoms with Gasteiger partial charge in [0.25, 0.3) is 6.43 Å². The summed E-state index contributed by atoms with van der Waals surface area (Å²) in [6.45, 7) is 4.07. The van der Waals surface area contributed by atoms with Gasteiger partial charge in [-0.05, 0) is 42.0 Å². The van der Waals surface area contributed by atoms with Crippen LogP contribution < -0.4 is 10.2 Å². The summed E-state index contributed by atoms with van der Waals surface area (Å²) < 4.78 is 31.3. The number of alkyl halides is 2. The fraction of sp³-hybridized carbons (Fsp3) is 0.375. The van der Waals surface area contributed by atoms with Crippen LogP contribution in [0.2, 0.25) is 0 Å². The highest BCUT2D eigenvalue weighted by atomic mass is 19.3. The SMILES string of the molecule is O=C(C1COC1)N1CCN(c2ccc3nncc(NCc4cc(O)cc(C(F)F)c4)c3c2)CC1. The van der Waals surface area contributed by atoms with Crippen molar-refractivity contribution in [3.05, 3.63) is 53.7 Å². The molecule has 10 heteroatoms. The quantitative estimate of drug-likeness (QED) is 0.573. The number of fused-ring (bicyclic) bond motifs is 1. The van der Waals surface area contributed by atoms with E-state index in [-0.39, 0.29) is 29.7 Å². The summed E-state index contributed by atoms with van der Waals surface area (Å²) in [5, 5.41) is 22.1. The van der Waals surface area contributed by atoms with Gasteiger partial charge in [-0.1, -0.05) is 0 Å². The van der Waals surface area contributed by atoms with E-state index in [4.69, 9.17) is 4.74 Å². The highest BCUT2D eigenvalue weighted by Crippen LogP contribution is 2.29. The zero-order valence-electron chi connectivity index (χ0n) is 18.5. The van der Waals surface area contributed by atoms with Crippen molar-refractivity contribution in [3.8, 4) is 5.75 Å². The molecule has 34 heavy (non-hydrogen) atoms. The highest BCUT2D eigenvalue weighted by molar-refractivity contribution is 5.93. The minimum Gasteiger partial charge on any atom is -0.508 e. The molecule has 0 unspecified atom stereocenters. The lowest BCUT2D eigenvalue weighted by Gasteiger charge is -2.39. The van der Waals surface area contributed by atoms with Gasteiger partial charge in [0.1, 0.15) is 5.75 Å². The fourth-order valence-electron chi connectivity index (χ4n) is 4.33. The van der Waals surface area contributed by atoms with Crippen LogP contribution in [0.5, 0.6) is 5.75 Å². The van der Waals surface area contributed by atoms with Crippen LogP contribution in [0, 0.1) is 5.92 Å². The summed E-state index contributed by atoms with van der Waals surface area (Å²) in [4.78, 5) is 16.6. The fourth-order valence-corrected chi connectivity index (χ4v) is 4.33. The lowest BCUT2D eigenvalue weighted by atomic mass is 10.1. The molecule has 8 nitrogen and oxygen atoms in total. The molecule has 0 spiro atoms. The number of ether oxygens (including phenoxy) is 1. The molecule has 2 aromatic carbocycles. The van der Waals surface area contributed by atoms with Gasteiger partial charge in [0.15, 0.2) is 0 Å². The zero-order chi connectivity index (χ0) is 23.7. The van der Waals surface area contributed by atoms with Crippen LogP contribution in [0.3, 0.4) is 0 Å². The van der Waals surface area contributed by atoms with E-state index in [1.54, 1.807) is 6.20 Å². The molecule has 2 saturated heterocycles. The molecule has 0 aliphatic carbocycles. The first-order valence-electron chi connectivity index (χ1n) is 11.2. The number of nitrogens with zero attached hydrogens (tertiary/aromatic N) is 4. The number of carbonyl (C=O) groups is 1. The molecule has 3 heterocycles. The normalized spacial score (nSPS) is 16.7. The third-order valence-electron chi connectivity index (χ3n) is 6.30. The molecule has 2 aliphatic heterocycles. The Morgan fingerprint density at radius 1 is 1.15 bits per heavy atom. The van der Waals surface area contributed by atoms with Gasteiger partial charge in [-0.3, -0.25) is 4.79 Å². The number of benzene rings is 2. The molecule has 0 saturated carbocycles. The number of aromatic nitrogens is 2. The van der Waals surface area contributed by atoms with Crippen molar-refractivity contribution in [2.24, 2.45) is 5.92 Å². The highest BCUT2D eigenvalue weighted by Gasteiger charge is 2.32. The van der Waals surface area contributed by atoms with Gasteiger partial charge in [0.05, 0.1) is 36.5 Å². The second-order valence-corrected chi connectivity index (χ2v) is 8.59. The molecule has 1 amide bonds. The van der Waals surface area contributed by atoms with Gasteiger partial charge >= 0.3 is 0 Å². The Hall–Kier alpha value is -3.53. The minimum atomic E-state index is -2.66. The van der Waals surface area contributed by atoms with Crippen molar-refractivity contribution in [3.63, 3.8) is 0 Å². The first-order valence-corrected chi connectivity index (χ1v) is 11.2. The number of phenolic OH excluding ortho intramolecular Hbond substituents is 1. The van der Waals surface area contributed by atoms with E-state index in [1.807, 2.05) is 23.1 Å². The number of rotatable bonds is 6. The van der Waals surface area contributed by atoms with Gasteiger partial charge in [-0.25, -0.2) is 8.78 Å². The molecular weight excluding hydrogens is 444 g/mol. The largest absolute Gasteiger partial charge is 0.508 e. The van der Waals surface area contributed by atoms with Gasteiger partial charge in [0, 0.05) is 49.4 Å². The van der Waals surface area contributed by atoms with E-state index in [0.717, 1.165) is 30.2 Å². The number of amides is 1. The summed E-state index contributed by atoms with van der Waals surface area (Å²) in [6, 6.07) is 9.80. The maximum atomic E-state index is 13.1. The summed E-state index contributed by atoms with van der Waals surface area (Å²) in [5.74, 6) is -0.0205. The van der Waals surface area contributed by atoms with Crippen LogP contribution in [-0.2, 0) is 16.1 Å². The van der Waals surface area contributed by atoms with Crippen LogP contribution in [0.25, 0.3) is 10.9 Å².